The lowest BCUT2D eigenvalue weighted by Gasteiger charge is -2.03. The van der Waals surface area contributed by atoms with Crippen LogP contribution in [0.25, 0.3) is 0 Å². The monoisotopic (exact) mass is 1340 g/mol. The zero-order valence-corrected chi connectivity index (χ0v) is 56.3. The molecule has 2 aromatic heterocycles. The van der Waals surface area contributed by atoms with Crippen molar-refractivity contribution in [2.24, 2.45) is 0 Å². The van der Waals surface area contributed by atoms with Gasteiger partial charge in [-0.2, -0.15) is 101 Å². The van der Waals surface area contributed by atoms with Gasteiger partial charge in [-0.25, -0.2) is 0 Å². The van der Waals surface area contributed by atoms with Gasteiger partial charge in [-0.15, -0.1) is 0 Å². The molecule has 0 saturated carbocycles. The Bertz CT molecular complexity index is 2680. The highest BCUT2D eigenvalue weighted by Gasteiger charge is 2.00. The molecular formula is C62H75Br3N2S8. The summed E-state index contributed by atoms with van der Waals surface area (Å²) in [5, 5.41) is 0. The number of thiol groups is 8. The standard InChI is InChI=1S/3C8H9BrS.3C8H10S.2C7H9NS/c1-6-4-8(9)3-2-7(6)5-10;1-6-2-3-8(9)4-7(6)5-10;1-6-3-2-4-8(9)7(6)5-10;1-7-2-4-8(6-9)5-3-7;1-7-3-2-4-8(5-7)6-9;1-7-4-2-3-5-8(7)6-9;1-6-2-3-7(5-9)8-4-6;1-6-3-2-4-8-7(6)5-9/h3*2-4,10H,5H2,1H3;3*2-5,9H,6H2,1H3;2*2-4,9H,5H2,1H3. The Kier molecular flexibility index (Phi) is 40.4. The lowest BCUT2D eigenvalue weighted by Crippen LogP contribution is -1.87. The normalized spacial score (nSPS) is 9.69. The van der Waals surface area contributed by atoms with Crippen molar-refractivity contribution in [3.63, 3.8) is 0 Å². The van der Waals surface area contributed by atoms with Crippen molar-refractivity contribution in [2.75, 3.05) is 0 Å². The minimum Gasteiger partial charge on any atom is -0.260 e. The van der Waals surface area contributed by atoms with E-state index in [-0.39, 0.29) is 0 Å². The molecule has 8 rings (SSSR count). The summed E-state index contributed by atoms with van der Waals surface area (Å²) in [6.07, 6.45) is 3.64. The summed E-state index contributed by atoms with van der Waals surface area (Å²) in [5.74, 6) is 6.39. The number of pyridine rings is 2. The number of nitrogens with zero attached hydrogens (tertiary/aromatic N) is 2. The molecule has 0 unspecified atom stereocenters. The smallest absolute Gasteiger partial charge is 0.0529 e. The second-order valence-corrected chi connectivity index (χ2v) is 22.2. The molecule has 0 bridgehead atoms. The Hall–Kier alpha value is -2.14. The van der Waals surface area contributed by atoms with Crippen LogP contribution in [0.1, 0.15) is 89.3 Å². The van der Waals surface area contributed by atoms with Crippen LogP contribution >= 0.6 is 149 Å². The largest absolute Gasteiger partial charge is 0.260 e. The first kappa shape index (κ1) is 70.9. The summed E-state index contributed by atoms with van der Waals surface area (Å²) in [7, 11) is 0. The number of hydrogen-bond acceptors (Lipinski definition) is 10. The molecule has 75 heavy (non-hydrogen) atoms. The highest BCUT2D eigenvalue weighted by atomic mass is 79.9. The van der Waals surface area contributed by atoms with E-state index in [0.29, 0.717) is 0 Å². The zero-order chi connectivity index (χ0) is 56.1. The van der Waals surface area contributed by atoms with Crippen LogP contribution in [0.2, 0.25) is 0 Å². The Balaban J connectivity index is 0.000000429. The molecule has 2 nitrogen and oxygen atoms in total. The molecule has 0 amide bonds. The highest BCUT2D eigenvalue weighted by molar-refractivity contribution is 9.11. The van der Waals surface area contributed by atoms with E-state index in [1.807, 2.05) is 80.7 Å². The SMILES string of the molecule is Cc1cc(Br)ccc1CS.Cc1ccc(Br)cc1CS.Cc1ccc(CS)cc1.Cc1ccc(CS)nc1.Cc1cccc(Br)c1CS.Cc1cccc(CS)c1.Cc1ccccc1CS.Cc1cccnc1CS. The van der Waals surface area contributed by atoms with Gasteiger partial charge in [0.2, 0.25) is 0 Å². The van der Waals surface area contributed by atoms with Crippen molar-refractivity contribution in [2.45, 2.75) is 101 Å². The fourth-order valence-corrected chi connectivity index (χ4v) is 10.2. The summed E-state index contributed by atoms with van der Waals surface area (Å²) in [6.45, 7) is 16.6. The first-order valence-corrected chi connectivity index (χ1v) is 31.4. The third-order valence-electron chi connectivity index (χ3n) is 10.9. The first-order valence-electron chi connectivity index (χ1n) is 24.0. The van der Waals surface area contributed by atoms with Gasteiger partial charge in [0, 0.05) is 77.5 Å². The van der Waals surface area contributed by atoms with E-state index in [1.165, 1.54) is 77.9 Å². The minimum absolute atomic E-state index is 0.722. The Morgan fingerprint density at radius 2 is 0.907 bits per heavy atom. The molecule has 0 radical (unpaired) electrons. The van der Waals surface area contributed by atoms with Crippen molar-refractivity contribution in [1.82, 2.24) is 9.97 Å². The van der Waals surface area contributed by atoms with Crippen molar-refractivity contribution >= 4 is 149 Å². The molecule has 0 spiro atoms. The van der Waals surface area contributed by atoms with E-state index in [0.717, 1.165) is 70.8 Å². The molecule has 0 N–H and O–H groups in total. The number of halogens is 3. The fraction of sp³-hybridized carbons (Fsp3) is 0.258. The highest BCUT2D eigenvalue weighted by Crippen LogP contribution is 2.22. The van der Waals surface area contributed by atoms with E-state index in [4.69, 9.17) is 0 Å². The van der Waals surface area contributed by atoms with Crippen molar-refractivity contribution in [3.8, 4) is 0 Å². The van der Waals surface area contributed by atoms with E-state index in [1.54, 1.807) is 6.20 Å². The number of aromatic nitrogens is 2. The maximum absolute atomic E-state index is 4.22. The molecule has 0 aliphatic rings. The third kappa shape index (κ3) is 31.3. The number of rotatable bonds is 8. The number of aryl methyl sites for hydroxylation is 8. The predicted octanol–water partition coefficient (Wildman–Crippen LogP) is 20.5. The second kappa shape index (κ2) is 42.8. The van der Waals surface area contributed by atoms with E-state index >= 15 is 0 Å². The molecule has 0 aliphatic carbocycles. The average molecular weight is 1340 g/mol. The summed E-state index contributed by atoms with van der Waals surface area (Å²) in [4.78, 5) is 8.24. The average Bonchev–Trinajstić information content (AvgIpc) is 3.41. The van der Waals surface area contributed by atoms with Gasteiger partial charge < -0.3 is 0 Å². The number of hydrogen-bond donors (Lipinski definition) is 8. The van der Waals surface area contributed by atoms with Crippen LogP contribution in [0.3, 0.4) is 0 Å². The summed E-state index contributed by atoms with van der Waals surface area (Å²) in [5.41, 5.74) is 20.1. The summed E-state index contributed by atoms with van der Waals surface area (Å²) >= 11 is 43.6. The molecule has 13 heteroatoms. The van der Waals surface area contributed by atoms with Crippen LogP contribution in [-0.4, -0.2) is 9.97 Å². The molecule has 0 fully saturated rings. The van der Waals surface area contributed by atoms with E-state index in [2.05, 4.69) is 291 Å². The lowest BCUT2D eigenvalue weighted by atomic mass is 10.1. The molecular weight excluding hydrogens is 1270 g/mol. The van der Waals surface area contributed by atoms with Crippen molar-refractivity contribution in [3.05, 3.63) is 267 Å². The van der Waals surface area contributed by atoms with Gasteiger partial charge in [-0.3, -0.25) is 9.97 Å². The van der Waals surface area contributed by atoms with Crippen molar-refractivity contribution in [1.29, 1.82) is 0 Å². The van der Waals surface area contributed by atoms with Crippen LogP contribution in [0.5, 0.6) is 0 Å². The maximum atomic E-state index is 4.22. The molecule has 402 valence electrons. The zero-order valence-electron chi connectivity index (χ0n) is 44.4. The van der Waals surface area contributed by atoms with Gasteiger partial charge >= 0.3 is 0 Å². The molecule has 0 aliphatic heterocycles. The quantitative estimate of drug-likeness (QED) is 0.0728. The summed E-state index contributed by atoms with van der Waals surface area (Å²) in [6, 6.07) is 51.7. The van der Waals surface area contributed by atoms with Crippen LogP contribution in [0, 0.1) is 55.4 Å². The van der Waals surface area contributed by atoms with Crippen LogP contribution in [0.4, 0.5) is 0 Å². The molecule has 8 aromatic rings. The van der Waals surface area contributed by atoms with E-state index < -0.39 is 0 Å². The van der Waals surface area contributed by atoms with Gasteiger partial charge in [0.1, 0.15) is 0 Å². The molecule has 2 heterocycles. The van der Waals surface area contributed by atoms with Crippen molar-refractivity contribution < 1.29 is 0 Å². The summed E-state index contributed by atoms with van der Waals surface area (Å²) < 4.78 is 3.42. The van der Waals surface area contributed by atoms with Crippen LogP contribution < -0.4 is 0 Å². The fourth-order valence-electron chi connectivity index (χ4n) is 6.08. The van der Waals surface area contributed by atoms with Crippen LogP contribution in [0.15, 0.2) is 177 Å². The second-order valence-electron chi connectivity index (χ2n) is 16.9. The van der Waals surface area contributed by atoms with Gasteiger partial charge in [0.15, 0.2) is 0 Å². The molecule has 0 atom stereocenters. The predicted molar refractivity (Wildman–Crippen MR) is 370 cm³/mol. The maximum Gasteiger partial charge on any atom is 0.0529 e. The van der Waals surface area contributed by atoms with Gasteiger partial charge in [-0.05, 0) is 165 Å². The van der Waals surface area contributed by atoms with Crippen LogP contribution in [-0.2, 0) is 46.0 Å². The van der Waals surface area contributed by atoms with Gasteiger partial charge in [-0.1, -0.05) is 168 Å². The lowest BCUT2D eigenvalue weighted by molar-refractivity contribution is 1.13. The minimum atomic E-state index is 0.722. The molecule has 6 aromatic carbocycles. The molecule has 0 saturated heterocycles. The topological polar surface area (TPSA) is 25.8 Å². The Labute approximate surface area is 521 Å². The van der Waals surface area contributed by atoms with Gasteiger partial charge in [0.05, 0.1) is 5.69 Å². The first-order chi connectivity index (χ1) is 35.9. The Morgan fingerprint density at radius 3 is 1.36 bits per heavy atom. The third-order valence-corrected chi connectivity index (χ3v) is 15.3. The van der Waals surface area contributed by atoms with Gasteiger partial charge in [0.25, 0.3) is 0 Å². The Morgan fingerprint density at radius 1 is 0.347 bits per heavy atom. The number of benzene rings is 6. The van der Waals surface area contributed by atoms with E-state index in [9.17, 15) is 0 Å².